The van der Waals surface area contributed by atoms with Crippen molar-refractivity contribution >= 4 is 5.91 Å². The minimum atomic E-state index is -0.201. The van der Waals surface area contributed by atoms with Crippen LogP contribution >= 0.6 is 0 Å². The summed E-state index contributed by atoms with van der Waals surface area (Å²) in [6.07, 6.45) is 3.47. The third-order valence-corrected chi connectivity index (χ3v) is 4.10. The van der Waals surface area contributed by atoms with E-state index in [2.05, 4.69) is 5.32 Å². The molecule has 0 spiro atoms. The third kappa shape index (κ3) is 3.42. The van der Waals surface area contributed by atoms with Crippen LogP contribution in [0.25, 0.3) is 0 Å². The number of nitrogens with two attached hydrogens (primary N) is 1. The van der Waals surface area contributed by atoms with E-state index in [0.717, 1.165) is 31.2 Å². The lowest BCUT2D eigenvalue weighted by molar-refractivity contribution is -0.122. The molecule has 0 aromatic heterocycles. The predicted molar refractivity (Wildman–Crippen MR) is 76.3 cm³/mol. The molecule has 1 saturated carbocycles. The van der Waals surface area contributed by atoms with E-state index < -0.39 is 0 Å². The molecule has 5 N–H and O–H groups in total. The molecule has 5 heteroatoms. The molecule has 1 aromatic rings. The minimum absolute atomic E-state index is 0.00503. The molecule has 1 aromatic carbocycles. The topological polar surface area (TPSA) is 95.6 Å². The maximum atomic E-state index is 11.1. The molecular weight excluding hydrogens is 256 g/mol. The number of phenolic OH excluding ortho intramolecular Hbond substituents is 2. The maximum Gasteiger partial charge on any atom is 0.220 e. The molecule has 2 rings (SSSR count). The van der Waals surface area contributed by atoms with Crippen LogP contribution in [0.5, 0.6) is 11.5 Å². The molecule has 0 bridgehead atoms. The lowest BCUT2D eigenvalue weighted by Gasteiger charge is -2.30. The zero-order valence-electron chi connectivity index (χ0n) is 11.7. The number of nitrogens with one attached hydrogen (secondary N) is 1. The van der Waals surface area contributed by atoms with Gasteiger partial charge in [-0.3, -0.25) is 4.79 Å². The van der Waals surface area contributed by atoms with Crippen molar-refractivity contribution in [3.05, 3.63) is 23.8 Å². The zero-order chi connectivity index (χ0) is 14.7. The second-order valence-corrected chi connectivity index (χ2v) is 5.58. The van der Waals surface area contributed by atoms with Gasteiger partial charge in [0.15, 0.2) is 0 Å². The summed E-state index contributed by atoms with van der Waals surface area (Å²) >= 11 is 0. The van der Waals surface area contributed by atoms with E-state index in [4.69, 9.17) is 5.73 Å². The molecule has 0 aliphatic heterocycles. The third-order valence-electron chi connectivity index (χ3n) is 4.10. The summed E-state index contributed by atoms with van der Waals surface area (Å²) in [6, 6.07) is 4.95. The molecule has 0 radical (unpaired) electrons. The summed E-state index contributed by atoms with van der Waals surface area (Å²) in [4.78, 5) is 11.1. The number of primary amides is 1. The molecule has 1 atom stereocenters. The summed E-state index contributed by atoms with van der Waals surface area (Å²) in [5.74, 6) is -0.0469. The highest BCUT2D eigenvalue weighted by Gasteiger charge is 2.25. The van der Waals surface area contributed by atoms with Crippen LogP contribution in [0, 0.1) is 5.92 Å². The van der Waals surface area contributed by atoms with Crippen LogP contribution in [0.1, 0.15) is 44.2 Å². The maximum absolute atomic E-state index is 11.1. The molecule has 5 nitrogen and oxygen atoms in total. The SMILES string of the molecule is CC(NC1CCC(C(N)=O)CC1)c1ccc(O)cc1O. The fourth-order valence-corrected chi connectivity index (χ4v) is 2.89. The fourth-order valence-electron chi connectivity index (χ4n) is 2.89. The van der Waals surface area contributed by atoms with Gasteiger partial charge in [0.1, 0.15) is 11.5 Å². The van der Waals surface area contributed by atoms with Gasteiger partial charge < -0.3 is 21.3 Å². The Hall–Kier alpha value is -1.75. The second-order valence-electron chi connectivity index (χ2n) is 5.58. The molecule has 1 unspecified atom stereocenters. The summed E-state index contributed by atoms with van der Waals surface area (Å²) in [7, 11) is 0. The predicted octanol–water partition coefficient (Wildman–Crippen LogP) is 1.79. The number of hydrogen-bond donors (Lipinski definition) is 4. The first-order chi connectivity index (χ1) is 9.47. The number of amides is 1. The van der Waals surface area contributed by atoms with Gasteiger partial charge in [-0.15, -0.1) is 0 Å². The van der Waals surface area contributed by atoms with Gasteiger partial charge in [-0.25, -0.2) is 0 Å². The highest BCUT2D eigenvalue weighted by atomic mass is 16.3. The molecule has 110 valence electrons. The van der Waals surface area contributed by atoms with Gasteiger partial charge in [0.2, 0.25) is 5.91 Å². The Balaban J connectivity index is 1.92. The Morgan fingerprint density at radius 3 is 2.50 bits per heavy atom. The number of hydrogen-bond acceptors (Lipinski definition) is 4. The Kier molecular flexibility index (Phi) is 4.49. The van der Waals surface area contributed by atoms with Crippen LogP contribution in [0.4, 0.5) is 0 Å². The highest BCUT2D eigenvalue weighted by molar-refractivity contribution is 5.76. The van der Waals surface area contributed by atoms with Gasteiger partial charge in [0.05, 0.1) is 0 Å². The standard InChI is InChI=1S/C15H22N2O3/c1-9(13-7-6-12(18)8-14(13)19)17-11-4-2-10(3-5-11)15(16)20/h6-11,17-19H,2-5H2,1H3,(H2,16,20). The second kappa shape index (κ2) is 6.13. The van der Waals surface area contributed by atoms with E-state index >= 15 is 0 Å². The van der Waals surface area contributed by atoms with Gasteiger partial charge in [0, 0.05) is 29.6 Å². The average Bonchev–Trinajstić information content (AvgIpc) is 2.39. The van der Waals surface area contributed by atoms with E-state index in [-0.39, 0.29) is 29.4 Å². The summed E-state index contributed by atoms with van der Waals surface area (Å²) in [5.41, 5.74) is 6.09. The zero-order valence-corrected chi connectivity index (χ0v) is 11.7. The molecule has 1 amide bonds. The first-order valence-corrected chi connectivity index (χ1v) is 7.04. The summed E-state index contributed by atoms with van der Waals surface area (Å²) < 4.78 is 0. The molecule has 1 aliphatic rings. The van der Waals surface area contributed by atoms with Crippen LogP contribution in [-0.4, -0.2) is 22.2 Å². The van der Waals surface area contributed by atoms with Crippen molar-refractivity contribution < 1.29 is 15.0 Å². The van der Waals surface area contributed by atoms with Crippen molar-refractivity contribution in [3.8, 4) is 11.5 Å². The first kappa shape index (κ1) is 14.7. The number of aromatic hydroxyl groups is 2. The molecule has 1 aliphatic carbocycles. The lowest BCUT2D eigenvalue weighted by atomic mass is 9.85. The number of rotatable bonds is 4. The first-order valence-electron chi connectivity index (χ1n) is 7.04. The van der Waals surface area contributed by atoms with Gasteiger partial charge in [0.25, 0.3) is 0 Å². The van der Waals surface area contributed by atoms with Gasteiger partial charge >= 0.3 is 0 Å². The number of carbonyl (C=O) groups excluding carboxylic acids is 1. The van der Waals surface area contributed by atoms with E-state index in [1.807, 2.05) is 6.92 Å². The Labute approximate surface area is 118 Å². The summed E-state index contributed by atoms with van der Waals surface area (Å²) in [5, 5.41) is 22.6. The number of phenols is 2. The molecule has 0 heterocycles. The van der Waals surface area contributed by atoms with Gasteiger partial charge in [-0.05, 0) is 38.7 Å². The largest absolute Gasteiger partial charge is 0.508 e. The van der Waals surface area contributed by atoms with E-state index in [0.29, 0.717) is 6.04 Å². The average molecular weight is 278 g/mol. The van der Waals surface area contributed by atoms with Crippen LogP contribution in [0.2, 0.25) is 0 Å². The molecular formula is C15H22N2O3. The number of carbonyl (C=O) groups is 1. The normalized spacial score (nSPS) is 24.2. The fraction of sp³-hybridized carbons (Fsp3) is 0.533. The quantitative estimate of drug-likeness (QED) is 0.675. The van der Waals surface area contributed by atoms with Gasteiger partial charge in [-0.1, -0.05) is 6.07 Å². The lowest BCUT2D eigenvalue weighted by Crippen LogP contribution is -2.37. The van der Waals surface area contributed by atoms with Crippen molar-refractivity contribution in [1.29, 1.82) is 0 Å². The van der Waals surface area contributed by atoms with E-state index in [9.17, 15) is 15.0 Å². The Morgan fingerprint density at radius 1 is 1.30 bits per heavy atom. The molecule has 0 saturated heterocycles. The van der Waals surface area contributed by atoms with E-state index in [1.165, 1.54) is 6.07 Å². The van der Waals surface area contributed by atoms with Crippen LogP contribution in [0.3, 0.4) is 0 Å². The Bertz CT molecular complexity index is 482. The van der Waals surface area contributed by atoms with Crippen molar-refractivity contribution in [1.82, 2.24) is 5.32 Å². The molecule has 1 fully saturated rings. The van der Waals surface area contributed by atoms with Crippen LogP contribution < -0.4 is 11.1 Å². The van der Waals surface area contributed by atoms with Crippen molar-refractivity contribution in [2.45, 2.75) is 44.7 Å². The Morgan fingerprint density at radius 2 is 1.95 bits per heavy atom. The van der Waals surface area contributed by atoms with Crippen LogP contribution in [0.15, 0.2) is 18.2 Å². The van der Waals surface area contributed by atoms with Gasteiger partial charge in [-0.2, -0.15) is 0 Å². The smallest absolute Gasteiger partial charge is 0.220 e. The highest BCUT2D eigenvalue weighted by Crippen LogP contribution is 2.30. The number of benzene rings is 1. The van der Waals surface area contributed by atoms with Crippen molar-refractivity contribution in [2.75, 3.05) is 0 Å². The monoisotopic (exact) mass is 278 g/mol. The van der Waals surface area contributed by atoms with E-state index in [1.54, 1.807) is 12.1 Å². The molecule has 20 heavy (non-hydrogen) atoms. The minimum Gasteiger partial charge on any atom is -0.508 e. The van der Waals surface area contributed by atoms with Crippen molar-refractivity contribution in [2.24, 2.45) is 11.7 Å². The van der Waals surface area contributed by atoms with Crippen LogP contribution in [-0.2, 0) is 4.79 Å². The summed E-state index contributed by atoms with van der Waals surface area (Å²) in [6.45, 7) is 1.98. The van der Waals surface area contributed by atoms with Crippen molar-refractivity contribution in [3.63, 3.8) is 0 Å².